The second kappa shape index (κ2) is 26.2. The van der Waals surface area contributed by atoms with Gasteiger partial charge in [0.05, 0.1) is 0 Å². The summed E-state index contributed by atoms with van der Waals surface area (Å²) in [7, 11) is 0. The Kier molecular flexibility index (Phi) is 88.8. The van der Waals surface area contributed by atoms with Crippen molar-refractivity contribution in [2.45, 2.75) is 18.6 Å². The Morgan fingerprint density at radius 2 is 1.29 bits per heavy atom. The Morgan fingerprint density at radius 3 is 1.29 bits per heavy atom. The molecular weight excluding hydrogens is 215 g/mol. The van der Waals surface area contributed by atoms with Crippen LogP contribution in [0.5, 0.6) is 0 Å². The third-order valence-corrected chi connectivity index (χ3v) is 1.30. The van der Waals surface area contributed by atoms with Crippen LogP contribution < -0.4 is 37.2 Å². The molecule has 0 rings (SSSR count). The number of hydrogen-bond donors (Lipinski definition) is 0. The third-order valence-electron chi connectivity index (χ3n) is 0.250. The SMILES string of the molecule is CC[CH2][Ge+3].[Cl-].[Cl-].[Cl-]. The fourth-order valence-electron chi connectivity index (χ4n) is 0. The first kappa shape index (κ1) is 23.7. The smallest absolute Gasteiger partial charge is 1.00 e. The van der Waals surface area contributed by atoms with Crippen molar-refractivity contribution in [1.82, 2.24) is 0 Å². The van der Waals surface area contributed by atoms with E-state index in [9.17, 15) is 0 Å². The molecule has 0 aromatic heterocycles. The minimum absolute atomic E-state index is 0. The standard InChI is InChI=1S/C3H7Ge.3ClH/c1-2-3-4;;;/h2-3H2,1H3;3*1H/q+3;;;/p-3. The van der Waals surface area contributed by atoms with Gasteiger partial charge in [0.1, 0.15) is 0 Å². The van der Waals surface area contributed by atoms with Crippen LogP contribution in [-0.4, -0.2) is 16.5 Å². The molecule has 0 aliphatic rings. The van der Waals surface area contributed by atoms with Crippen LogP contribution in [0.4, 0.5) is 0 Å². The van der Waals surface area contributed by atoms with Crippen molar-refractivity contribution in [3.05, 3.63) is 0 Å². The summed E-state index contributed by atoms with van der Waals surface area (Å²) in [6.45, 7) is 2.18. The zero-order valence-electron chi connectivity index (χ0n) is 4.05. The monoisotopic (exact) mass is 222 g/mol. The molecule has 0 aliphatic carbocycles. The van der Waals surface area contributed by atoms with E-state index < -0.39 is 0 Å². The summed E-state index contributed by atoms with van der Waals surface area (Å²) in [5.74, 6) is 0. The van der Waals surface area contributed by atoms with E-state index >= 15 is 0 Å². The predicted molar refractivity (Wildman–Crippen MR) is 20.9 cm³/mol. The van der Waals surface area contributed by atoms with Crippen molar-refractivity contribution in [2.24, 2.45) is 0 Å². The summed E-state index contributed by atoms with van der Waals surface area (Å²) in [5.41, 5.74) is 0. The fraction of sp³-hybridized carbons (Fsp3) is 1.00. The van der Waals surface area contributed by atoms with E-state index in [4.69, 9.17) is 0 Å². The molecule has 0 heterocycles. The van der Waals surface area contributed by atoms with Crippen molar-refractivity contribution in [3.63, 3.8) is 0 Å². The molecule has 44 valence electrons. The molecule has 4 heteroatoms. The van der Waals surface area contributed by atoms with E-state index in [0.717, 1.165) is 0 Å². The van der Waals surface area contributed by atoms with Gasteiger partial charge in [0, 0.05) is 0 Å². The molecule has 0 amide bonds. The maximum absolute atomic E-state index is 2.18. The Hall–Kier alpha value is 1.41. The molecular formula is C3H7Cl3Ge. The number of hydrogen-bond acceptors (Lipinski definition) is 0. The van der Waals surface area contributed by atoms with Gasteiger partial charge in [0.15, 0.2) is 0 Å². The first-order valence-electron chi connectivity index (χ1n) is 1.56. The minimum atomic E-state index is 0. The zero-order chi connectivity index (χ0) is 3.41. The number of rotatable bonds is 1. The zero-order valence-corrected chi connectivity index (χ0v) is 8.41. The minimum Gasteiger partial charge on any atom is -1.00 e. The first-order chi connectivity index (χ1) is 1.91. The van der Waals surface area contributed by atoms with Crippen LogP contribution in [0.1, 0.15) is 13.3 Å². The molecule has 0 N–H and O–H groups in total. The van der Waals surface area contributed by atoms with Gasteiger partial charge in [-0.15, -0.1) is 0 Å². The second-order valence-electron chi connectivity index (χ2n) is 0.750. The summed E-state index contributed by atoms with van der Waals surface area (Å²) in [6, 6.07) is 0. The van der Waals surface area contributed by atoms with Crippen LogP contribution in [-0.2, 0) is 0 Å². The van der Waals surface area contributed by atoms with Gasteiger partial charge in [0.25, 0.3) is 0 Å². The van der Waals surface area contributed by atoms with E-state index in [1.54, 1.807) is 0 Å². The van der Waals surface area contributed by atoms with E-state index in [1.807, 2.05) is 0 Å². The molecule has 0 saturated carbocycles. The summed E-state index contributed by atoms with van der Waals surface area (Å²) in [6.07, 6.45) is 1.32. The van der Waals surface area contributed by atoms with Crippen LogP contribution in [0.15, 0.2) is 0 Å². The van der Waals surface area contributed by atoms with Crippen LogP contribution in [0.25, 0.3) is 0 Å². The molecule has 0 spiro atoms. The second-order valence-corrected chi connectivity index (χ2v) is 1.80. The normalized spacial score (nSPS) is 4.43. The molecule has 0 saturated heterocycles. The number of halogens is 3. The Balaban J connectivity index is -0.0000000150. The molecule has 0 aliphatic heterocycles. The molecule has 0 nitrogen and oxygen atoms in total. The average molecular weight is 222 g/mol. The van der Waals surface area contributed by atoms with Crippen molar-refractivity contribution >= 4 is 16.5 Å². The van der Waals surface area contributed by atoms with Gasteiger partial charge in [-0.3, -0.25) is 0 Å². The largest absolute Gasteiger partial charge is 1.00 e. The predicted octanol–water partition coefficient (Wildman–Crippen LogP) is -8.00. The summed E-state index contributed by atoms with van der Waals surface area (Å²) >= 11 is 2.18. The van der Waals surface area contributed by atoms with Crippen LogP contribution in [0.3, 0.4) is 0 Å². The van der Waals surface area contributed by atoms with Gasteiger partial charge in [-0.05, 0) is 0 Å². The van der Waals surface area contributed by atoms with E-state index in [0.29, 0.717) is 0 Å². The van der Waals surface area contributed by atoms with E-state index in [2.05, 4.69) is 23.4 Å². The van der Waals surface area contributed by atoms with E-state index in [-0.39, 0.29) is 37.2 Å². The first-order valence-corrected chi connectivity index (χ1v) is 3.04. The van der Waals surface area contributed by atoms with Crippen LogP contribution in [0, 0.1) is 0 Å². The Morgan fingerprint density at radius 1 is 1.14 bits per heavy atom. The van der Waals surface area contributed by atoms with Gasteiger partial charge in [-0.2, -0.15) is 0 Å². The molecule has 7 heavy (non-hydrogen) atoms. The summed E-state index contributed by atoms with van der Waals surface area (Å²) in [4.78, 5) is 0. The summed E-state index contributed by atoms with van der Waals surface area (Å²) < 4.78 is 0. The van der Waals surface area contributed by atoms with Crippen molar-refractivity contribution in [1.29, 1.82) is 0 Å². The maximum Gasteiger partial charge on any atom is -1.00 e. The molecule has 0 bridgehead atoms. The molecule has 0 aromatic rings. The van der Waals surface area contributed by atoms with Gasteiger partial charge >= 0.3 is 35.1 Å². The summed E-state index contributed by atoms with van der Waals surface area (Å²) in [5, 5.41) is 1.32. The third kappa shape index (κ3) is 37.3. The maximum atomic E-state index is 2.18. The topological polar surface area (TPSA) is 0 Å². The van der Waals surface area contributed by atoms with Gasteiger partial charge in [-0.1, -0.05) is 0 Å². The molecule has 0 radical (unpaired) electrons. The van der Waals surface area contributed by atoms with Crippen molar-refractivity contribution in [3.8, 4) is 0 Å². The van der Waals surface area contributed by atoms with Crippen molar-refractivity contribution < 1.29 is 37.2 Å². The van der Waals surface area contributed by atoms with Gasteiger partial charge in [0.2, 0.25) is 0 Å². The Bertz CT molecular complexity index is 12.1. The average Bonchev–Trinajstić information content (AvgIpc) is 1.37. The molecule has 0 unspecified atom stereocenters. The molecule has 0 aromatic carbocycles. The molecule has 0 fully saturated rings. The van der Waals surface area contributed by atoms with Gasteiger partial charge in [-0.25, -0.2) is 0 Å². The van der Waals surface area contributed by atoms with Crippen LogP contribution >= 0.6 is 0 Å². The van der Waals surface area contributed by atoms with Crippen LogP contribution in [0.2, 0.25) is 5.25 Å². The Labute approximate surface area is 72.3 Å². The van der Waals surface area contributed by atoms with Gasteiger partial charge < -0.3 is 37.2 Å². The fourth-order valence-corrected chi connectivity index (χ4v) is 0. The van der Waals surface area contributed by atoms with E-state index in [1.165, 1.54) is 11.7 Å². The quantitative estimate of drug-likeness (QED) is 0.387. The molecule has 0 atom stereocenters. The van der Waals surface area contributed by atoms with Crippen molar-refractivity contribution in [2.75, 3.05) is 0 Å².